The molecular weight excluding hydrogens is 348 g/mol. The smallest absolute Gasteiger partial charge is 0.405 e. The zero-order chi connectivity index (χ0) is 20.3. The van der Waals surface area contributed by atoms with Gasteiger partial charge >= 0.3 is 6.09 Å². The van der Waals surface area contributed by atoms with E-state index in [-0.39, 0.29) is 25.0 Å². The second kappa shape index (κ2) is 11.6. The molecule has 27 heavy (non-hydrogen) atoms. The monoisotopic (exact) mass is 380 g/mol. The lowest BCUT2D eigenvalue weighted by Crippen LogP contribution is -2.41. The van der Waals surface area contributed by atoms with Gasteiger partial charge in [-0.1, -0.05) is 37.3 Å². The predicted molar refractivity (Wildman–Crippen MR) is 103 cm³/mol. The van der Waals surface area contributed by atoms with E-state index in [1.165, 1.54) is 0 Å². The molecule has 2 amide bonds. The number of hydrogen-bond donors (Lipinski definition) is 2. The molecule has 0 radical (unpaired) electrons. The number of nitrogens with two attached hydrogens (primary N) is 1. The molecule has 1 atom stereocenters. The SMILES string of the molecule is C[C@@H](CC(C)(C)OC(N)=O)C(=O)N(CCO)CCCOCc1ccccc1. The lowest BCUT2D eigenvalue weighted by atomic mass is 9.93. The van der Waals surface area contributed by atoms with Crippen molar-refractivity contribution in [2.24, 2.45) is 11.7 Å². The van der Waals surface area contributed by atoms with Crippen molar-refractivity contribution in [2.45, 2.75) is 45.8 Å². The normalized spacial score (nSPS) is 12.4. The van der Waals surface area contributed by atoms with Crippen LogP contribution in [0, 0.1) is 5.92 Å². The summed E-state index contributed by atoms with van der Waals surface area (Å²) in [6.45, 7) is 6.92. The fourth-order valence-electron chi connectivity index (χ4n) is 3.02. The van der Waals surface area contributed by atoms with Crippen LogP contribution in [0.25, 0.3) is 0 Å². The summed E-state index contributed by atoms with van der Waals surface area (Å²) >= 11 is 0. The van der Waals surface area contributed by atoms with Crippen LogP contribution in [-0.2, 0) is 20.9 Å². The van der Waals surface area contributed by atoms with Crippen LogP contribution in [0.3, 0.4) is 0 Å². The molecule has 1 aromatic rings. The first-order valence-electron chi connectivity index (χ1n) is 9.25. The van der Waals surface area contributed by atoms with Gasteiger partial charge in [0.1, 0.15) is 5.60 Å². The topological polar surface area (TPSA) is 102 Å². The van der Waals surface area contributed by atoms with E-state index in [4.69, 9.17) is 15.2 Å². The molecular formula is C20H32N2O5. The number of ether oxygens (including phenoxy) is 2. The maximum Gasteiger partial charge on any atom is 0.405 e. The van der Waals surface area contributed by atoms with Gasteiger partial charge < -0.3 is 25.2 Å². The van der Waals surface area contributed by atoms with Gasteiger partial charge in [-0.2, -0.15) is 0 Å². The van der Waals surface area contributed by atoms with Gasteiger partial charge in [-0.3, -0.25) is 4.79 Å². The Morgan fingerprint density at radius 3 is 2.48 bits per heavy atom. The number of benzene rings is 1. The van der Waals surface area contributed by atoms with Crippen molar-refractivity contribution >= 4 is 12.0 Å². The van der Waals surface area contributed by atoms with Gasteiger partial charge in [0.15, 0.2) is 0 Å². The highest BCUT2D eigenvalue weighted by molar-refractivity contribution is 5.78. The van der Waals surface area contributed by atoms with Gasteiger partial charge in [0.25, 0.3) is 0 Å². The Bertz CT molecular complexity index is 577. The highest BCUT2D eigenvalue weighted by Crippen LogP contribution is 2.22. The van der Waals surface area contributed by atoms with Crippen molar-refractivity contribution in [3.05, 3.63) is 35.9 Å². The van der Waals surface area contributed by atoms with Crippen molar-refractivity contribution in [3.63, 3.8) is 0 Å². The molecule has 152 valence electrons. The van der Waals surface area contributed by atoms with Gasteiger partial charge in [0.05, 0.1) is 13.2 Å². The summed E-state index contributed by atoms with van der Waals surface area (Å²) < 4.78 is 10.7. The number of aliphatic hydroxyl groups excluding tert-OH is 1. The molecule has 0 aliphatic heterocycles. The third-order valence-corrected chi connectivity index (χ3v) is 4.11. The number of aliphatic hydroxyl groups is 1. The maximum absolute atomic E-state index is 12.7. The molecule has 0 unspecified atom stereocenters. The Hall–Kier alpha value is -2.12. The summed E-state index contributed by atoms with van der Waals surface area (Å²) in [6, 6.07) is 9.88. The van der Waals surface area contributed by atoms with E-state index in [0.717, 1.165) is 5.56 Å². The zero-order valence-electron chi connectivity index (χ0n) is 16.5. The van der Waals surface area contributed by atoms with E-state index in [1.807, 2.05) is 30.3 Å². The van der Waals surface area contributed by atoms with Crippen LogP contribution in [0.15, 0.2) is 30.3 Å². The van der Waals surface area contributed by atoms with Gasteiger partial charge in [-0.15, -0.1) is 0 Å². The van der Waals surface area contributed by atoms with Gasteiger partial charge in [-0.05, 0) is 32.3 Å². The summed E-state index contributed by atoms with van der Waals surface area (Å²) in [5, 5.41) is 9.26. The van der Waals surface area contributed by atoms with Crippen molar-refractivity contribution in [2.75, 3.05) is 26.3 Å². The Morgan fingerprint density at radius 1 is 1.22 bits per heavy atom. The third-order valence-electron chi connectivity index (χ3n) is 4.11. The molecule has 7 heteroatoms. The summed E-state index contributed by atoms with van der Waals surface area (Å²) in [5.41, 5.74) is 5.34. The molecule has 0 heterocycles. The van der Waals surface area contributed by atoms with Gasteiger partial charge in [0.2, 0.25) is 5.91 Å². The number of primary amides is 1. The maximum atomic E-state index is 12.7. The average Bonchev–Trinajstić information content (AvgIpc) is 2.59. The van der Waals surface area contributed by atoms with Crippen LogP contribution in [0.5, 0.6) is 0 Å². The largest absolute Gasteiger partial charge is 0.444 e. The van der Waals surface area contributed by atoms with E-state index in [0.29, 0.717) is 32.6 Å². The Labute approximate surface area is 161 Å². The first-order chi connectivity index (χ1) is 12.7. The fourth-order valence-corrected chi connectivity index (χ4v) is 3.02. The number of hydrogen-bond acceptors (Lipinski definition) is 5. The molecule has 0 fully saturated rings. The van der Waals surface area contributed by atoms with Crippen molar-refractivity contribution < 1.29 is 24.2 Å². The number of carbonyl (C=O) groups is 2. The molecule has 1 aromatic carbocycles. The highest BCUT2D eigenvalue weighted by atomic mass is 16.6. The van der Waals surface area contributed by atoms with Crippen LogP contribution >= 0.6 is 0 Å². The van der Waals surface area contributed by atoms with Crippen molar-refractivity contribution in [3.8, 4) is 0 Å². The van der Waals surface area contributed by atoms with Gasteiger partial charge in [-0.25, -0.2) is 4.79 Å². The molecule has 0 saturated heterocycles. The first-order valence-corrected chi connectivity index (χ1v) is 9.25. The second-order valence-electron chi connectivity index (χ2n) is 7.23. The minimum Gasteiger partial charge on any atom is -0.444 e. The second-order valence-corrected chi connectivity index (χ2v) is 7.23. The third kappa shape index (κ3) is 9.40. The fraction of sp³-hybridized carbons (Fsp3) is 0.600. The summed E-state index contributed by atoms with van der Waals surface area (Å²) in [4.78, 5) is 25.3. The molecule has 1 rings (SSSR count). The average molecular weight is 380 g/mol. The van der Waals surface area contributed by atoms with Gasteiger partial charge in [0, 0.05) is 25.6 Å². The molecule has 0 aromatic heterocycles. The zero-order valence-corrected chi connectivity index (χ0v) is 16.5. The number of rotatable bonds is 12. The molecule has 0 bridgehead atoms. The van der Waals surface area contributed by atoms with Crippen LogP contribution in [0.2, 0.25) is 0 Å². The molecule has 3 N–H and O–H groups in total. The molecule has 7 nitrogen and oxygen atoms in total. The van der Waals surface area contributed by atoms with E-state index in [9.17, 15) is 14.7 Å². The standard InChI is InChI=1S/C20H32N2O5/c1-16(14-20(2,3)27-19(21)25)18(24)22(11-12-23)10-7-13-26-15-17-8-5-4-6-9-17/h4-6,8-9,16,23H,7,10-15H2,1-3H3,(H2,21,25)/t16-/m0/s1. The Kier molecular flexibility index (Phi) is 9.82. The van der Waals surface area contributed by atoms with Crippen molar-refractivity contribution in [1.29, 1.82) is 0 Å². The summed E-state index contributed by atoms with van der Waals surface area (Å²) in [5.74, 6) is -0.454. The van der Waals surface area contributed by atoms with Crippen LogP contribution < -0.4 is 5.73 Å². The van der Waals surface area contributed by atoms with E-state index in [2.05, 4.69) is 0 Å². The summed E-state index contributed by atoms with van der Waals surface area (Å²) in [7, 11) is 0. The van der Waals surface area contributed by atoms with E-state index in [1.54, 1.807) is 25.7 Å². The van der Waals surface area contributed by atoms with Crippen LogP contribution in [0.1, 0.15) is 39.2 Å². The molecule has 0 aliphatic carbocycles. The highest BCUT2D eigenvalue weighted by Gasteiger charge is 2.30. The van der Waals surface area contributed by atoms with Crippen molar-refractivity contribution in [1.82, 2.24) is 4.90 Å². The number of carbonyl (C=O) groups excluding carboxylic acids is 2. The summed E-state index contributed by atoms with van der Waals surface area (Å²) in [6.07, 6.45) is 0.163. The van der Waals surface area contributed by atoms with E-state index >= 15 is 0 Å². The lowest BCUT2D eigenvalue weighted by molar-refractivity contribution is -0.137. The Morgan fingerprint density at radius 2 is 1.89 bits per heavy atom. The molecule has 0 spiro atoms. The minimum atomic E-state index is -0.859. The quantitative estimate of drug-likeness (QED) is 0.542. The molecule has 0 aliphatic rings. The van der Waals surface area contributed by atoms with E-state index < -0.39 is 11.7 Å². The Balaban J connectivity index is 2.43. The molecule has 0 saturated carbocycles. The number of nitrogens with zero attached hydrogens (tertiary/aromatic N) is 1. The lowest BCUT2D eigenvalue weighted by Gasteiger charge is -2.30. The minimum absolute atomic E-state index is 0.0896. The van der Waals surface area contributed by atoms with Crippen LogP contribution in [0.4, 0.5) is 4.79 Å². The number of amides is 2. The first kappa shape index (κ1) is 22.9. The predicted octanol–water partition coefficient (Wildman–Crippen LogP) is 2.31. The van der Waals surface area contributed by atoms with Crippen LogP contribution in [-0.4, -0.2) is 53.9 Å².